The molecule has 2 aromatic rings. The number of anilines is 2. The van der Waals surface area contributed by atoms with Gasteiger partial charge in [-0.3, -0.25) is 4.90 Å². The molecule has 0 spiro atoms. The summed E-state index contributed by atoms with van der Waals surface area (Å²) in [7, 11) is 0. The quantitative estimate of drug-likeness (QED) is 0.809. The fourth-order valence-corrected chi connectivity index (χ4v) is 3.97. The van der Waals surface area contributed by atoms with E-state index in [2.05, 4.69) is 25.1 Å². The van der Waals surface area contributed by atoms with E-state index in [1.54, 1.807) is 12.3 Å². The van der Waals surface area contributed by atoms with Crippen molar-refractivity contribution in [2.75, 3.05) is 36.4 Å². The average molecular weight is 405 g/mol. The second-order valence-electron chi connectivity index (χ2n) is 7.87. The van der Waals surface area contributed by atoms with E-state index in [0.717, 1.165) is 38.1 Å². The Morgan fingerprint density at radius 2 is 1.79 bits per heavy atom. The van der Waals surface area contributed by atoms with Crippen LogP contribution in [0, 0.1) is 0 Å². The number of likely N-dealkylation sites (tertiary alicyclic amines) is 1. The highest BCUT2D eigenvalue weighted by molar-refractivity contribution is 5.43. The standard InChI is InChI=1S/C21H26F3N5/c22-21(23,24)17-7-5-6-16(12-17)13-28-14-18(15-28)26-20-25-9-8-19(27-20)29-10-3-1-2-4-11-29/h5-9,12,18H,1-4,10-11,13-15H2,(H,25,26,27). The number of nitrogens with one attached hydrogen (secondary N) is 1. The fourth-order valence-electron chi connectivity index (χ4n) is 3.97. The largest absolute Gasteiger partial charge is 0.416 e. The molecule has 0 amide bonds. The van der Waals surface area contributed by atoms with E-state index in [0.29, 0.717) is 18.1 Å². The van der Waals surface area contributed by atoms with Gasteiger partial charge < -0.3 is 10.2 Å². The van der Waals surface area contributed by atoms with E-state index < -0.39 is 11.7 Å². The minimum atomic E-state index is -4.30. The number of halogens is 3. The minimum Gasteiger partial charge on any atom is -0.356 e. The van der Waals surface area contributed by atoms with Crippen LogP contribution in [0.2, 0.25) is 0 Å². The summed E-state index contributed by atoms with van der Waals surface area (Å²) in [4.78, 5) is 13.4. The molecule has 2 aliphatic rings. The molecule has 156 valence electrons. The van der Waals surface area contributed by atoms with Crippen molar-refractivity contribution >= 4 is 11.8 Å². The lowest BCUT2D eigenvalue weighted by Gasteiger charge is -2.39. The topological polar surface area (TPSA) is 44.3 Å². The van der Waals surface area contributed by atoms with E-state index in [1.807, 2.05) is 6.07 Å². The molecule has 0 unspecified atom stereocenters. The molecule has 0 radical (unpaired) electrons. The van der Waals surface area contributed by atoms with Crippen LogP contribution in [0.25, 0.3) is 0 Å². The average Bonchev–Trinajstić information content (AvgIpc) is 2.96. The van der Waals surface area contributed by atoms with Crippen molar-refractivity contribution in [3.8, 4) is 0 Å². The Kier molecular flexibility index (Phi) is 5.89. The molecule has 0 saturated carbocycles. The van der Waals surface area contributed by atoms with Crippen LogP contribution in [0.5, 0.6) is 0 Å². The monoisotopic (exact) mass is 405 g/mol. The first kappa shape index (κ1) is 19.9. The number of alkyl halides is 3. The molecule has 0 aliphatic carbocycles. The molecule has 0 bridgehead atoms. The smallest absolute Gasteiger partial charge is 0.356 e. The molecule has 0 atom stereocenters. The second kappa shape index (κ2) is 8.57. The SMILES string of the molecule is FC(F)(F)c1cccc(CN2CC(Nc3nccc(N4CCCCCC4)n3)C2)c1. The second-order valence-corrected chi connectivity index (χ2v) is 7.87. The molecule has 1 N–H and O–H groups in total. The molecule has 5 nitrogen and oxygen atoms in total. The highest BCUT2D eigenvalue weighted by Gasteiger charge is 2.31. The van der Waals surface area contributed by atoms with Crippen LogP contribution in [-0.2, 0) is 12.7 Å². The van der Waals surface area contributed by atoms with Gasteiger partial charge in [-0.1, -0.05) is 31.0 Å². The highest BCUT2D eigenvalue weighted by atomic mass is 19.4. The zero-order valence-electron chi connectivity index (χ0n) is 16.3. The van der Waals surface area contributed by atoms with Crippen molar-refractivity contribution < 1.29 is 13.2 Å². The Morgan fingerprint density at radius 3 is 2.52 bits per heavy atom. The fraction of sp³-hybridized carbons (Fsp3) is 0.524. The molecular weight excluding hydrogens is 379 g/mol. The van der Waals surface area contributed by atoms with E-state index in [-0.39, 0.29) is 6.04 Å². The van der Waals surface area contributed by atoms with Crippen molar-refractivity contribution in [2.24, 2.45) is 0 Å². The first-order valence-electron chi connectivity index (χ1n) is 10.2. The number of hydrogen-bond acceptors (Lipinski definition) is 5. The van der Waals surface area contributed by atoms with Gasteiger partial charge in [0, 0.05) is 38.9 Å². The Labute approximate surface area is 168 Å². The molecule has 29 heavy (non-hydrogen) atoms. The normalized spacial score (nSPS) is 18.9. The summed E-state index contributed by atoms with van der Waals surface area (Å²) >= 11 is 0. The summed E-state index contributed by atoms with van der Waals surface area (Å²) in [5, 5.41) is 3.35. The number of benzene rings is 1. The van der Waals surface area contributed by atoms with Gasteiger partial charge in [-0.15, -0.1) is 0 Å². The predicted molar refractivity (Wildman–Crippen MR) is 107 cm³/mol. The molecule has 3 heterocycles. The van der Waals surface area contributed by atoms with Crippen molar-refractivity contribution in [3.05, 3.63) is 47.7 Å². The molecule has 4 rings (SSSR count). The van der Waals surface area contributed by atoms with Crippen molar-refractivity contribution in [1.29, 1.82) is 0 Å². The van der Waals surface area contributed by atoms with Crippen LogP contribution < -0.4 is 10.2 Å². The summed E-state index contributed by atoms with van der Waals surface area (Å²) in [6, 6.07) is 7.71. The lowest BCUT2D eigenvalue weighted by molar-refractivity contribution is -0.137. The highest BCUT2D eigenvalue weighted by Crippen LogP contribution is 2.30. The van der Waals surface area contributed by atoms with Crippen LogP contribution in [0.1, 0.15) is 36.8 Å². The van der Waals surface area contributed by atoms with E-state index in [9.17, 15) is 13.2 Å². The maximum atomic E-state index is 12.9. The Hall–Kier alpha value is -2.35. The van der Waals surface area contributed by atoms with Gasteiger partial charge in [0.25, 0.3) is 0 Å². The van der Waals surface area contributed by atoms with Gasteiger partial charge in [0.2, 0.25) is 5.95 Å². The Balaban J connectivity index is 1.29. The third-order valence-corrected chi connectivity index (χ3v) is 5.52. The van der Waals surface area contributed by atoms with Gasteiger partial charge >= 0.3 is 6.18 Å². The summed E-state index contributed by atoms with van der Waals surface area (Å²) in [6.07, 6.45) is 2.42. The first-order valence-corrected chi connectivity index (χ1v) is 10.2. The van der Waals surface area contributed by atoms with Crippen molar-refractivity contribution in [2.45, 2.75) is 44.4 Å². The summed E-state index contributed by atoms with van der Waals surface area (Å²) in [6.45, 7) is 4.09. The van der Waals surface area contributed by atoms with Crippen molar-refractivity contribution in [1.82, 2.24) is 14.9 Å². The third-order valence-electron chi connectivity index (χ3n) is 5.52. The zero-order chi connectivity index (χ0) is 20.3. The van der Waals surface area contributed by atoms with Gasteiger partial charge in [0.05, 0.1) is 11.6 Å². The Bertz CT molecular complexity index is 812. The molecular formula is C21H26F3N5. The Morgan fingerprint density at radius 1 is 1.03 bits per heavy atom. The van der Waals surface area contributed by atoms with Gasteiger partial charge in [-0.2, -0.15) is 18.2 Å². The number of nitrogens with zero attached hydrogens (tertiary/aromatic N) is 4. The first-order chi connectivity index (χ1) is 14.0. The van der Waals surface area contributed by atoms with E-state index in [4.69, 9.17) is 0 Å². The van der Waals surface area contributed by atoms with Crippen LogP contribution in [-0.4, -0.2) is 47.1 Å². The van der Waals surface area contributed by atoms with Crippen molar-refractivity contribution in [3.63, 3.8) is 0 Å². The van der Waals surface area contributed by atoms with Gasteiger partial charge in [-0.25, -0.2) is 4.98 Å². The molecule has 1 aromatic heterocycles. The minimum absolute atomic E-state index is 0.209. The number of hydrogen-bond donors (Lipinski definition) is 1. The predicted octanol–water partition coefficient (Wildman–Crippen LogP) is 4.17. The maximum absolute atomic E-state index is 12.9. The van der Waals surface area contributed by atoms with E-state index in [1.165, 1.54) is 37.8 Å². The van der Waals surface area contributed by atoms with Crippen LogP contribution in [0.15, 0.2) is 36.5 Å². The van der Waals surface area contributed by atoms with Gasteiger partial charge in [0.1, 0.15) is 5.82 Å². The molecule has 2 aliphatic heterocycles. The molecule has 2 fully saturated rings. The van der Waals surface area contributed by atoms with Gasteiger partial charge in [0.15, 0.2) is 0 Å². The molecule has 8 heteroatoms. The lowest BCUT2D eigenvalue weighted by atomic mass is 10.1. The van der Waals surface area contributed by atoms with Crippen LogP contribution in [0.3, 0.4) is 0 Å². The molecule has 2 saturated heterocycles. The van der Waals surface area contributed by atoms with E-state index >= 15 is 0 Å². The summed E-state index contributed by atoms with van der Waals surface area (Å²) < 4.78 is 38.6. The lowest BCUT2D eigenvalue weighted by Crippen LogP contribution is -2.54. The number of aromatic nitrogens is 2. The third kappa shape index (κ3) is 5.18. The number of rotatable bonds is 5. The summed E-state index contributed by atoms with van der Waals surface area (Å²) in [5.41, 5.74) is 0.0848. The van der Waals surface area contributed by atoms with Gasteiger partial charge in [-0.05, 0) is 30.5 Å². The van der Waals surface area contributed by atoms with Crippen LogP contribution in [0.4, 0.5) is 24.9 Å². The maximum Gasteiger partial charge on any atom is 0.416 e. The zero-order valence-corrected chi connectivity index (χ0v) is 16.3. The molecule has 1 aromatic carbocycles. The van der Waals surface area contributed by atoms with Crippen LogP contribution >= 0.6 is 0 Å². The summed E-state index contributed by atoms with van der Waals surface area (Å²) in [5.74, 6) is 1.58.